The first-order valence-corrected chi connectivity index (χ1v) is 6.91. The summed E-state index contributed by atoms with van der Waals surface area (Å²) in [6.07, 6.45) is 0. The molecule has 2 aromatic rings. The molecule has 0 atom stereocenters. The van der Waals surface area contributed by atoms with Gasteiger partial charge >= 0.3 is 0 Å². The van der Waals surface area contributed by atoms with Gasteiger partial charge in [0.25, 0.3) is 0 Å². The molecule has 1 aromatic heterocycles. The van der Waals surface area contributed by atoms with Gasteiger partial charge in [-0.05, 0) is 39.2 Å². The van der Waals surface area contributed by atoms with Crippen molar-refractivity contribution in [3.05, 3.63) is 29.5 Å². The topological polar surface area (TPSA) is 82.3 Å². The molecule has 6 nitrogen and oxygen atoms in total. The van der Waals surface area contributed by atoms with Crippen LogP contribution in [0.15, 0.2) is 18.2 Å². The molecule has 6 heteroatoms. The van der Waals surface area contributed by atoms with Crippen LogP contribution in [0.2, 0.25) is 0 Å². The monoisotopic (exact) mass is 301 g/mol. The number of nitrogens with zero attached hydrogens (tertiary/aromatic N) is 1. The number of H-pyrrole nitrogens is 1. The Labute approximate surface area is 128 Å². The Balaban J connectivity index is 2.46. The number of carbonyl (C=O) groups is 3. The first-order valence-electron chi connectivity index (χ1n) is 6.91. The van der Waals surface area contributed by atoms with Crippen LogP contribution in [0.3, 0.4) is 0 Å². The summed E-state index contributed by atoms with van der Waals surface area (Å²) in [5, 5.41) is 3.51. The molecule has 0 saturated heterocycles. The highest BCUT2D eigenvalue weighted by atomic mass is 16.2. The summed E-state index contributed by atoms with van der Waals surface area (Å²) < 4.78 is 0. The Hall–Kier alpha value is -2.47. The SMILES string of the molecule is CC(=O)c1cc2cc(C(C)=O)c(NC(=O)CN(C)C)cc2[nH]1. The molecule has 2 rings (SSSR count). The van der Waals surface area contributed by atoms with E-state index in [4.69, 9.17) is 0 Å². The normalized spacial score (nSPS) is 11.0. The number of carbonyl (C=O) groups excluding carboxylic acids is 3. The van der Waals surface area contributed by atoms with Gasteiger partial charge in [0.05, 0.1) is 17.9 Å². The highest BCUT2D eigenvalue weighted by molar-refractivity contribution is 6.08. The number of likely N-dealkylation sites (N-methyl/N-ethyl adjacent to an activating group) is 1. The van der Waals surface area contributed by atoms with E-state index in [1.54, 1.807) is 37.2 Å². The van der Waals surface area contributed by atoms with E-state index in [2.05, 4.69) is 10.3 Å². The molecule has 0 saturated carbocycles. The fourth-order valence-electron chi connectivity index (χ4n) is 2.24. The lowest BCUT2D eigenvalue weighted by Gasteiger charge is -2.12. The van der Waals surface area contributed by atoms with E-state index in [9.17, 15) is 14.4 Å². The minimum atomic E-state index is -0.204. The van der Waals surface area contributed by atoms with Crippen LogP contribution >= 0.6 is 0 Å². The highest BCUT2D eigenvalue weighted by Gasteiger charge is 2.14. The van der Waals surface area contributed by atoms with E-state index < -0.39 is 0 Å². The number of Topliss-reactive ketones (excluding diaryl/α,β-unsaturated/α-hetero) is 2. The molecule has 1 aromatic carbocycles. The van der Waals surface area contributed by atoms with E-state index in [1.807, 2.05) is 0 Å². The standard InChI is InChI=1S/C16H19N3O3/c1-9(20)12-5-11-6-13(10(2)21)17-14(11)7-15(12)18-16(22)8-19(3)4/h5-7,17H,8H2,1-4H3,(H,18,22). The Morgan fingerprint density at radius 3 is 2.32 bits per heavy atom. The zero-order valence-electron chi connectivity index (χ0n) is 13.1. The summed E-state index contributed by atoms with van der Waals surface area (Å²) >= 11 is 0. The average Bonchev–Trinajstić information content (AvgIpc) is 2.79. The van der Waals surface area contributed by atoms with Gasteiger partial charge in [-0.2, -0.15) is 0 Å². The van der Waals surface area contributed by atoms with Gasteiger partial charge in [-0.3, -0.25) is 14.4 Å². The molecule has 1 heterocycles. The highest BCUT2D eigenvalue weighted by Crippen LogP contribution is 2.25. The largest absolute Gasteiger partial charge is 0.352 e. The van der Waals surface area contributed by atoms with Crippen molar-refractivity contribution in [3.63, 3.8) is 0 Å². The second-order valence-electron chi connectivity index (χ2n) is 5.57. The summed E-state index contributed by atoms with van der Waals surface area (Å²) in [6.45, 7) is 3.14. The van der Waals surface area contributed by atoms with Crippen molar-refractivity contribution in [2.45, 2.75) is 13.8 Å². The fraction of sp³-hybridized carbons (Fsp3) is 0.312. The van der Waals surface area contributed by atoms with Crippen LogP contribution in [0.25, 0.3) is 10.9 Å². The second-order valence-corrected chi connectivity index (χ2v) is 5.57. The van der Waals surface area contributed by atoms with E-state index in [1.165, 1.54) is 13.8 Å². The number of nitrogens with one attached hydrogen (secondary N) is 2. The minimum Gasteiger partial charge on any atom is -0.352 e. The van der Waals surface area contributed by atoms with Crippen molar-refractivity contribution in [1.82, 2.24) is 9.88 Å². The molecule has 0 aliphatic carbocycles. The van der Waals surface area contributed by atoms with Crippen LogP contribution in [0.4, 0.5) is 5.69 Å². The van der Waals surface area contributed by atoms with E-state index in [0.29, 0.717) is 22.5 Å². The van der Waals surface area contributed by atoms with Crippen LogP contribution in [-0.4, -0.2) is 48.0 Å². The number of ketones is 2. The van der Waals surface area contributed by atoms with E-state index >= 15 is 0 Å². The lowest BCUT2D eigenvalue weighted by molar-refractivity contribution is -0.116. The van der Waals surface area contributed by atoms with Crippen LogP contribution in [-0.2, 0) is 4.79 Å². The van der Waals surface area contributed by atoms with Crippen LogP contribution in [0, 0.1) is 0 Å². The third kappa shape index (κ3) is 3.40. The lowest BCUT2D eigenvalue weighted by Crippen LogP contribution is -2.27. The van der Waals surface area contributed by atoms with Crippen molar-refractivity contribution < 1.29 is 14.4 Å². The van der Waals surface area contributed by atoms with Crippen LogP contribution in [0.5, 0.6) is 0 Å². The Bertz CT molecular complexity index is 759. The van der Waals surface area contributed by atoms with Gasteiger partial charge in [-0.1, -0.05) is 0 Å². The van der Waals surface area contributed by atoms with Crippen molar-refractivity contribution in [2.75, 3.05) is 26.0 Å². The van der Waals surface area contributed by atoms with Crippen molar-refractivity contribution in [1.29, 1.82) is 0 Å². The molecule has 0 unspecified atom stereocenters. The molecule has 116 valence electrons. The second kappa shape index (κ2) is 6.11. The molecular weight excluding hydrogens is 282 g/mol. The number of benzene rings is 1. The van der Waals surface area contributed by atoms with Crippen molar-refractivity contribution in [3.8, 4) is 0 Å². The molecule has 0 aliphatic rings. The molecule has 0 fully saturated rings. The number of amides is 1. The maximum absolute atomic E-state index is 11.9. The quantitative estimate of drug-likeness (QED) is 0.828. The first-order chi connectivity index (χ1) is 10.3. The predicted octanol–water partition coefficient (Wildman–Crippen LogP) is 2.07. The Morgan fingerprint density at radius 1 is 1.09 bits per heavy atom. The van der Waals surface area contributed by atoms with Crippen molar-refractivity contribution in [2.24, 2.45) is 0 Å². The van der Waals surface area contributed by atoms with E-state index in [0.717, 1.165) is 5.39 Å². The first kappa shape index (κ1) is 15.9. The van der Waals surface area contributed by atoms with Gasteiger partial charge in [-0.25, -0.2) is 0 Å². The summed E-state index contributed by atoms with van der Waals surface area (Å²) in [5.41, 5.74) is 2.05. The fourth-order valence-corrected chi connectivity index (χ4v) is 2.24. The van der Waals surface area contributed by atoms with Gasteiger partial charge in [-0.15, -0.1) is 0 Å². The number of anilines is 1. The molecule has 0 spiro atoms. The number of aromatic nitrogens is 1. The molecule has 0 radical (unpaired) electrons. The number of fused-ring (bicyclic) bond motifs is 1. The minimum absolute atomic E-state index is 0.0845. The molecule has 2 N–H and O–H groups in total. The van der Waals surface area contributed by atoms with Crippen molar-refractivity contribution >= 4 is 34.1 Å². The summed E-state index contributed by atoms with van der Waals surface area (Å²) in [4.78, 5) is 39.9. The molecule has 0 aliphatic heterocycles. The number of rotatable bonds is 5. The van der Waals surface area contributed by atoms with Gasteiger partial charge < -0.3 is 15.2 Å². The third-order valence-electron chi connectivity index (χ3n) is 3.25. The van der Waals surface area contributed by atoms with E-state index in [-0.39, 0.29) is 24.0 Å². The maximum atomic E-state index is 11.9. The molecule has 1 amide bonds. The third-order valence-corrected chi connectivity index (χ3v) is 3.25. The average molecular weight is 301 g/mol. The number of hydrogen-bond donors (Lipinski definition) is 2. The lowest BCUT2D eigenvalue weighted by atomic mass is 10.1. The summed E-state index contributed by atoms with van der Waals surface area (Å²) in [5.74, 6) is -0.434. The zero-order valence-corrected chi connectivity index (χ0v) is 13.1. The van der Waals surface area contributed by atoms with Gasteiger partial charge in [0.2, 0.25) is 5.91 Å². The number of aromatic amines is 1. The molecule has 0 bridgehead atoms. The Kier molecular flexibility index (Phi) is 4.42. The molecule has 22 heavy (non-hydrogen) atoms. The Morgan fingerprint density at radius 2 is 1.77 bits per heavy atom. The van der Waals surface area contributed by atoms with Gasteiger partial charge in [0, 0.05) is 23.4 Å². The molecular formula is C16H19N3O3. The number of hydrogen-bond acceptors (Lipinski definition) is 4. The van der Waals surface area contributed by atoms with Crippen LogP contribution < -0.4 is 5.32 Å². The predicted molar refractivity (Wildman–Crippen MR) is 85.5 cm³/mol. The van der Waals surface area contributed by atoms with Crippen LogP contribution in [0.1, 0.15) is 34.7 Å². The zero-order chi connectivity index (χ0) is 16.4. The summed E-state index contributed by atoms with van der Waals surface area (Å²) in [7, 11) is 3.58. The maximum Gasteiger partial charge on any atom is 0.238 e. The summed E-state index contributed by atoms with van der Waals surface area (Å²) in [6, 6.07) is 5.08. The van der Waals surface area contributed by atoms with Gasteiger partial charge in [0.1, 0.15) is 0 Å². The van der Waals surface area contributed by atoms with Gasteiger partial charge in [0.15, 0.2) is 11.6 Å². The smallest absolute Gasteiger partial charge is 0.238 e.